The third kappa shape index (κ3) is 4.27. The van der Waals surface area contributed by atoms with E-state index in [2.05, 4.69) is 9.69 Å². The number of carbonyl (C=O) groups excluding carboxylic acids is 2. The van der Waals surface area contributed by atoms with Crippen molar-refractivity contribution in [2.45, 2.75) is 13.8 Å². The molecule has 0 saturated carbocycles. The number of fused-ring (bicyclic) bond motifs is 2. The number of nitrogens with one attached hydrogen (secondary N) is 1. The van der Waals surface area contributed by atoms with Gasteiger partial charge in [-0.25, -0.2) is 0 Å². The fraction of sp³-hybridized carbons (Fsp3) is 0.0952. The number of carbonyl (C=O) groups is 2. The number of nitrogens with two attached hydrogens (primary N) is 2. The molecule has 1 aromatic heterocycles. The zero-order chi connectivity index (χ0) is 21.1. The average molecular weight is 408 g/mol. The van der Waals surface area contributed by atoms with Gasteiger partial charge in [0.25, 0.3) is 0 Å². The minimum atomic E-state index is -0.190. The lowest BCUT2D eigenvalue weighted by Gasteiger charge is -2.08. The summed E-state index contributed by atoms with van der Waals surface area (Å²) in [5.41, 5.74) is 13.6. The molecule has 0 atom stereocenters. The molecule has 29 heavy (non-hydrogen) atoms. The zero-order valence-corrected chi connectivity index (χ0v) is 16.7. The molecule has 6 N–H and O–H groups in total. The van der Waals surface area contributed by atoms with Gasteiger partial charge in [0.2, 0.25) is 5.91 Å². The highest BCUT2D eigenvalue weighted by atomic mass is 32.1. The Bertz CT molecular complexity index is 1230. The molecule has 0 aliphatic heterocycles. The monoisotopic (exact) mass is 408 g/mol. The summed E-state index contributed by atoms with van der Waals surface area (Å²) in [5, 5.41) is 15.6. The van der Waals surface area contributed by atoms with Crippen LogP contribution in [0.5, 0.6) is 5.75 Å². The molecular weight excluding hydrogens is 388 g/mol. The Morgan fingerprint density at radius 1 is 1.03 bits per heavy atom. The van der Waals surface area contributed by atoms with E-state index < -0.39 is 0 Å². The first kappa shape index (κ1) is 20.1. The van der Waals surface area contributed by atoms with E-state index in [1.807, 2.05) is 42.5 Å². The van der Waals surface area contributed by atoms with Gasteiger partial charge in [0.05, 0.1) is 16.8 Å². The Morgan fingerprint density at radius 2 is 1.76 bits per heavy atom. The first-order valence-corrected chi connectivity index (χ1v) is 9.49. The molecule has 148 valence electrons. The van der Waals surface area contributed by atoms with Crippen molar-refractivity contribution in [3.8, 4) is 5.75 Å². The third-order valence-corrected chi connectivity index (χ3v) is 4.97. The highest BCUT2D eigenvalue weighted by molar-refractivity contribution is 7.11. The molecule has 3 aromatic carbocycles. The molecule has 0 saturated heterocycles. The number of phenols is 1. The number of phenolic OH excluding ortho intramolecular Hbond substituents is 1. The van der Waals surface area contributed by atoms with Gasteiger partial charge in [0, 0.05) is 23.4 Å². The molecule has 0 bridgehead atoms. The van der Waals surface area contributed by atoms with Crippen LogP contribution in [0.3, 0.4) is 0 Å². The highest BCUT2D eigenvalue weighted by Gasteiger charge is 2.12. The number of ketones is 1. The molecule has 0 radical (unpaired) electrons. The quantitative estimate of drug-likeness (QED) is 0.224. The SMILES string of the molecule is CC(=O)Nc1ccc2nsc(N)c2c1.CC(=O)c1cc2ccccc2c(N)c1O. The molecule has 0 fully saturated rings. The van der Waals surface area contributed by atoms with Crippen molar-refractivity contribution >= 4 is 61.3 Å². The van der Waals surface area contributed by atoms with Gasteiger partial charge in [-0.1, -0.05) is 24.3 Å². The van der Waals surface area contributed by atoms with Crippen LogP contribution >= 0.6 is 11.5 Å². The molecule has 0 spiro atoms. The number of amides is 1. The number of aromatic hydroxyl groups is 1. The van der Waals surface area contributed by atoms with Crippen LogP contribution in [0.25, 0.3) is 21.7 Å². The maximum atomic E-state index is 11.2. The van der Waals surface area contributed by atoms with Crippen molar-refractivity contribution < 1.29 is 14.7 Å². The Kier molecular flexibility index (Phi) is 5.65. The summed E-state index contributed by atoms with van der Waals surface area (Å²) in [7, 11) is 0. The molecule has 8 heteroatoms. The summed E-state index contributed by atoms with van der Waals surface area (Å²) in [5.74, 6) is -0.405. The molecule has 0 aliphatic rings. The van der Waals surface area contributed by atoms with E-state index in [0.29, 0.717) is 5.00 Å². The molecule has 4 rings (SSSR count). The largest absolute Gasteiger partial charge is 0.505 e. The van der Waals surface area contributed by atoms with Gasteiger partial charge in [-0.15, -0.1) is 0 Å². The van der Waals surface area contributed by atoms with Gasteiger partial charge in [-0.3, -0.25) is 9.59 Å². The van der Waals surface area contributed by atoms with Crippen LogP contribution in [0, 0.1) is 0 Å². The van der Waals surface area contributed by atoms with E-state index in [1.165, 1.54) is 25.4 Å². The fourth-order valence-corrected chi connectivity index (χ4v) is 3.49. The second-order valence-corrected chi connectivity index (χ2v) is 7.23. The van der Waals surface area contributed by atoms with Gasteiger partial charge >= 0.3 is 0 Å². The third-order valence-electron chi connectivity index (χ3n) is 4.27. The lowest BCUT2D eigenvalue weighted by molar-refractivity contribution is -0.114. The second kappa shape index (κ2) is 8.15. The fourth-order valence-electron chi connectivity index (χ4n) is 2.87. The Balaban J connectivity index is 0.000000166. The molecule has 0 unspecified atom stereocenters. The van der Waals surface area contributed by atoms with E-state index in [-0.39, 0.29) is 28.7 Å². The van der Waals surface area contributed by atoms with Crippen LogP contribution in [0.1, 0.15) is 24.2 Å². The second-order valence-electron chi connectivity index (χ2n) is 6.42. The van der Waals surface area contributed by atoms with E-state index in [0.717, 1.165) is 27.4 Å². The van der Waals surface area contributed by atoms with Crippen LogP contribution in [0.4, 0.5) is 16.4 Å². The van der Waals surface area contributed by atoms with Crippen LogP contribution in [-0.4, -0.2) is 21.2 Å². The van der Waals surface area contributed by atoms with E-state index in [9.17, 15) is 14.7 Å². The summed E-state index contributed by atoms with van der Waals surface area (Å²) in [6.45, 7) is 2.88. The Morgan fingerprint density at radius 3 is 2.45 bits per heavy atom. The number of nitrogen functional groups attached to an aromatic ring is 2. The van der Waals surface area contributed by atoms with E-state index >= 15 is 0 Å². The smallest absolute Gasteiger partial charge is 0.221 e. The minimum absolute atomic E-state index is 0.0916. The first-order valence-electron chi connectivity index (χ1n) is 8.71. The van der Waals surface area contributed by atoms with Crippen LogP contribution in [0.15, 0.2) is 48.5 Å². The van der Waals surface area contributed by atoms with Gasteiger partial charge in [-0.05, 0) is 48.1 Å². The number of aromatic nitrogens is 1. The number of hydrogen-bond donors (Lipinski definition) is 4. The number of benzene rings is 3. The first-order chi connectivity index (χ1) is 13.8. The summed E-state index contributed by atoms with van der Waals surface area (Å²) in [4.78, 5) is 22.1. The van der Waals surface area contributed by atoms with Crippen molar-refractivity contribution in [2.75, 3.05) is 16.8 Å². The standard InChI is InChI=1S/C12H11NO2.C9H9N3OS/c1-7(14)10-6-8-4-2-3-5-9(8)11(13)12(10)15;1-5(13)11-6-2-3-8-7(4-6)9(10)14-12-8/h2-6,15H,13H2,1H3;2-4H,10H2,1H3,(H,11,13). The van der Waals surface area contributed by atoms with Crippen molar-refractivity contribution in [3.05, 3.63) is 54.1 Å². The van der Waals surface area contributed by atoms with Crippen LogP contribution in [-0.2, 0) is 4.79 Å². The Labute approximate surface area is 171 Å². The van der Waals surface area contributed by atoms with E-state index in [1.54, 1.807) is 6.07 Å². The summed E-state index contributed by atoms with van der Waals surface area (Å²) in [6, 6.07) is 14.5. The van der Waals surface area contributed by atoms with Crippen molar-refractivity contribution in [3.63, 3.8) is 0 Å². The van der Waals surface area contributed by atoms with Gasteiger partial charge < -0.3 is 21.9 Å². The summed E-state index contributed by atoms with van der Waals surface area (Å²) >= 11 is 1.26. The zero-order valence-electron chi connectivity index (χ0n) is 15.9. The normalized spacial score (nSPS) is 10.4. The van der Waals surface area contributed by atoms with Crippen LogP contribution in [0.2, 0.25) is 0 Å². The number of hydrogen-bond acceptors (Lipinski definition) is 7. The summed E-state index contributed by atoms with van der Waals surface area (Å²) in [6.07, 6.45) is 0. The van der Waals surface area contributed by atoms with Gasteiger partial charge in [0.15, 0.2) is 5.78 Å². The minimum Gasteiger partial charge on any atom is -0.505 e. The van der Waals surface area contributed by atoms with Gasteiger partial charge in [-0.2, -0.15) is 4.37 Å². The number of nitrogens with zero attached hydrogens (tertiary/aromatic N) is 1. The molecule has 7 nitrogen and oxygen atoms in total. The molecule has 1 amide bonds. The van der Waals surface area contributed by atoms with Crippen molar-refractivity contribution in [1.29, 1.82) is 0 Å². The highest BCUT2D eigenvalue weighted by Crippen LogP contribution is 2.33. The average Bonchev–Trinajstić information content (AvgIpc) is 3.05. The maximum absolute atomic E-state index is 11.2. The topological polar surface area (TPSA) is 131 Å². The number of anilines is 3. The van der Waals surface area contributed by atoms with Gasteiger partial charge in [0.1, 0.15) is 10.8 Å². The van der Waals surface area contributed by atoms with Crippen molar-refractivity contribution in [1.82, 2.24) is 4.37 Å². The lowest BCUT2D eigenvalue weighted by atomic mass is 10.0. The molecule has 1 heterocycles. The lowest BCUT2D eigenvalue weighted by Crippen LogP contribution is -2.05. The van der Waals surface area contributed by atoms with Crippen LogP contribution < -0.4 is 16.8 Å². The summed E-state index contributed by atoms with van der Waals surface area (Å²) < 4.78 is 4.14. The number of rotatable bonds is 2. The predicted molar refractivity (Wildman–Crippen MR) is 118 cm³/mol. The van der Waals surface area contributed by atoms with Crippen molar-refractivity contribution in [2.24, 2.45) is 0 Å². The maximum Gasteiger partial charge on any atom is 0.221 e. The number of Topliss-reactive ketones (excluding diaryl/α,β-unsaturated/α-hetero) is 1. The molecule has 0 aliphatic carbocycles. The molecule has 4 aromatic rings. The Hall–Kier alpha value is -3.65. The molecular formula is C21H20N4O3S. The van der Waals surface area contributed by atoms with E-state index in [4.69, 9.17) is 11.5 Å². The predicted octanol–water partition coefficient (Wildman–Crippen LogP) is 4.17.